The van der Waals surface area contributed by atoms with E-state index in [1.165, 1.54) is 6.07 Å². The average Bonchev–Trinajstić information content (AvgIpc) is 3.10. The number of rotatable bonds is 4. The van der Waals surface area contributed by atoms with Crippen LogP contribution in [0, 0.1) is 11.7 Å². The Bertz CT molecular complexity index is 923. The third-order valence-electron chi connectivity index (χ3n) is 4.96. The zero-order chi connectivity index (χ0) is 20.4. The molecule has 2 heterocycles. The fraction of sp³-hybridized carbons (Fsp3) is 0.350. The molecule has 29 heavy (non-hydrogen) atoms. The fourth-order valence-electron chi connectivity index (χ4n) is 3.36. The highest BCUT2D eigenvalue weighted by atomic mass is 35.5. The van der Waals surface area contributed by atoms with Gasteiger partial charge in [0.15, 0.2) is 0 Å². The summed E-state index contributed by atoms with van der Waals surface area (Å²) in [6.07, 6.45) is 7.69. The quantitative estimate of drug-likeness (QED) is 0.786. The van der Waals surface area contributed by atoms with E-state index in [2.05, 4.69) is 20.3 Å². The largest absolute Gasteiger partial charge is 0.425 e. The van der Waals surface area contributed by atoms with E-state index in [-0.39, 0.29) is 34.7 Å². The summed E-state index contributed by atoms with van der Waals surface area (Å²) in [5.41, 5.74) is 6.38. The van der Waals surface area contributed by atoms with Crippen molar-refractivity contribution in [1.82, 2.24) is 5.32 Å². The molecule has 9 heteroatoms. The maximum Gasteiger partial charge on any atom is 0.316 e. The molecule has 3 N–H and O–H groups in total. The molecule has 1 aliphatic carbocycles. The van der Waals surface area contributed by atoms with E-state index >= 15 is 0 Å². The predicted octanol–water partition coefficient (Wildman–Crippen LogP) is 2.41. The smallest absolute Gasteiger partial charge is 0.316 e. The highest BCUT2D eigenvalue weighted by molar-refractivity contribution is 6.34. The Morgan fingerprint density at radius 2 is 2.21 bits per heavy atom. The van der Waals surface area contributed by atoms with Crippen molar-refractivity contribution in [3.8, 4) is 0 Å². The average molecular weight is 418 g/mol. The van der Waals surface area contributed by atoms with Crippen LogP contribution in [0.5, 0.6) is 0 Å². The lowest BCUT2D eigenvalue weighted by Crippen LogP contribution is -2.47. The van der Waals surface area contributed by atoms with Crippen LogP contribution >= 0.6 is 11.6 Å². The summed E-state index contributed by atoms with van der Waals surface area (Å²) >= 11 is 6.14. The van der Waals surface area contributed by atoms with E-state index in [1.807, 2.05) is 18.2 Å². The standard InChI is InChI=1S/C20H21ClFN5O2/c1-28-12-5-7-13(8-6-12)29-20-24-9-11(10-25-20)17-18(23)27-19(26-17)16-14(21)3-2-4-15(16)22/h2-5,7-9,11-12,17-18H,6,10,23H2,1H3,(H,26,27). The number of nitrogens with two attached hydrogens (primary N) is 1. The van der Waals surface area contributed by atoms with Crippen LogP contribution in [0.1, 0.15) is 12.0 Å². The van der Waals surface area contributed by atoms with E-state index in [9.17, 15) is 4.39 Å². The minimum absolute atomic E-state index is 0.0654. The third-order valence-corrected chi connectivity index (χ3v) is 5.28. The first kappa shape index (κ1) is 19.8. The van der Waals surface area contributed by atoms with Gasteiger partial charge in [0.25, 0.3) is 0 Å². The second-order valence-electron chi connectivity index (χ2n) is 6.88. The molecule has 7 nitrogen and oxygen atoms in total. The van der Waals surface area contributed by atoms with Crippen LogP contribution in [0.4, 0.5) is 4.39 Å². The number of allylic oxidation sites excluding steroid dienone is 1. The minimum Gasteiger partial charge on any atom is -0.425 e. The van der Waals surface area contributed by atoms with E-state index < -0.39 is 12.0 Å². The summed E-state index contributed by atoms with van der Waals surface area (Å²) in [6, 6.07) is 4.51. The van der Waals surface area contributed by atoms with Gasteiger partial charge in [0, 0.05) is 19.2 Å². The molecule has 3 aliphatic rings. The number of amidine groups is 2. The van der Waals surface area contributed by atoms with Crippen LogP contribution in [-0.2, 0) is 9.47 Å². The Balaban J connectivity index is 1.38. The monoisotopic (exact) mass is 417 g/mol. The van der Waals surface area contributed by atoms with Crippen molar-refractivity contribution in [2.24, 2.45) is 26.6 Å². The molecular formula is C20H21ClFN5O2. The molecule has 1 aromatic carbocycles. The van der Waals surface area contributed by atoms with Crippen LogP contribution in [0.15, 0.2) is 57.2 Å². The van der Waals surface area contributed by atoms with Crippen LogP contribution in [0.3, 0.4) is 0 Å². The Kier molecular flexibility index (Phi) is 5.75. The van der Waals surface area contributed by atoms with Crippen LogP contribution in [-0.4, -0.2) is 50.0 Å². The summed E-state index contributed by atoms with van der Waals surface area (Å²) in [5.74, 6) is 0.461. The van der Waals surface area contributed by atoms with Gasteiger partial charge >= 0.3 is 6.02 Å². The van der Waals surface area contributed by atoms with Gasteiger partial charge in [-0.05, 0) is 30.7 Å². The summed E-state index contributed by atoms with van der Waals surface area (Å²) < 4.78 is 25.2. The van der Waals surface area contributed by atoms with E-state index in [0.29, 0.717) is 18.1 Å². The molecular weight excluding hydrogens is 397 g/mol. The van der Waals surface area contributed by atoms with Gasteiger partial charge in [-0.15, -0.1) is 0 Å². The van der Waals surface area contributed by atoms with Crippen molar-refractivity contribution in [3.05, 3.63) is 58.6 Å². The van der Waals surface area contributed by atoms with Gasteiger partial charge in [-0.1, -0.05) is 23.7 Å². The Hall–Kier alpha value is -2.55. The summed E-state index contributed by atoms with van der Waals surface area (Å²) in [4.78, 5) is 13.1. The van der Waals surface area contributed by atoms with Crippen LogP contribution in [0.25, 0.3) is 0 Å². The molecule has 4 rings (SSSR count). The zero-order valence-corrected chi connectivity index (χ0v) is 16.5. The Morgan fingerprint density at radius 1 is 1.34 bits per heavy atom. The molecule has 0 radical (unpaired) electrons. The number of hydrogen-bond donors (Lipinski definition) is 2. The molecule has 0 spiro atoms. The third kappa shape index (κ3) is 4.24. The van der Waals surface area contributed by atoms with Gasteiger partial charge in [0.1, 0.15) is 23.6 Å². The lowest BCUT2D eigenvalue weighted by molar-refractivity contribution is 0.141. The number of methoxy groups -OCH3 is 1. The predicted molar refractivity (Wildman–Crippen MR) is 111 cm³/mol. The Morgan fingerprint density at radius 3 is 2.86 bits per heavy atom. The second kappa shape index (κ2) is 8.44. The van der Waals surface area contributed by atoms with Gasteiger partial charge in [0.2, 0.25) is 0 Å². The number of nitrogens with zero attached hydrogens (tertiary/aromatic N) is 3. The molecule has 0 amide bonds. The molecule has 1 aromatic rings. The topological polar surface area (TPSA) is 93.6 Å². The lowest BCUT2D eigenvalue weighted by atomic mass is 9.99. The highest BCUT2D eigenvalue weighted by Crippen LogP contribution is 2.24. The second-order valence-corrected chi connectivity index (χ2v) is 7.29. The van der Waals surface area contributed by atoms with Gasteiger partial charge in [0.05, 0.1) is 29.3 Å². The molecule has 0 aromatic heterocycles. The van der Waals surface area contributed by atoms with Crippen molar-refractivity contribution in [2.45, 2.75) is 24.7 Å². The first-order valence-corrected chi connectivity index (χ1v) is 9.65. The van der Waals surface area contributed by atoms with Crippen molar-refractivity contribution in [3.63, 3.8) is 0 Å². The maximum atomic E-state index is 14.2. The molecule has 2 aliphatic heterocycles. The summed E-state index contributed by atoms with van der Waals surface area (Å²) in [6.45, 7) is 0.426. The van der Waals surface area contributed by atoms with Crippen molar-refractivity contribution < 1.29 is 13.9 Å². The molecule has 0 fully saturated rings. The number of nitrogens with one attached hydrogen (secondary N) is 1. The van der Waals surface area contributed by atoms with E-state index in [1.54, 1.807) is 25.5 Å². The number of ether oxygens (including phenoxy) is 2. The van der Waals surface area contributed by atoms with Crippen molar-refractivity contribution in [2.75, 3.05) is 13.7 Å². The zero-order valence-electron chi connectivity index (χ0n) is 15.8. The van der Waals surface area contributed by atoms with Crippen molar-refractivity contribution >= 4 is 29.7 Å². The van der Waals surface area contributed by atoms with Gasteiger partial charge < -0.3 is 20.5 Å². The van der Waals surface area contributed by atoms with Crippen LogP contribution in [0.2, 0.25) is 5.02 Å². The molecule has 4 atom stereocenters. The number of aliphatic imine (C=N–C) groups is 3. The van der Waals surface area contributed by atoms with E-state index in [4.69, 9.17) is 26.8 Å². The molecule has 4 unspecified atom stereocenters. The van der Waals surface area contributed by atoms with Crippen molar-refractivity contribution in [1.29, 1.82) is 0 Å². The normalized spacial score (nSPS) is 28.5. The Labute approximate surface area is 172 Å². The van der Waals surface area contributed by atoms with Gasteiger partial charge in [-0.2, -0.15) is 0 Å². The number of benzene rings is 1. The fourth-order valence-corrected chi connectivity index (χ4v) is 3.62. The molecule has 152 valence electrons. The molecule has 0 saturated carbocycles. The number of halogens is 2. The SMILES string of the molecule is COC1C=CC(OC2=NCC(C3NC(c4c(F)cccc4Cl)=NC3N)C=N2)=CC1. The van der Waals surface area contributed by atoms with Gasteiger partial charge in [-0.25, -0.2) is 19.4 Å². The number of hydrogen-bond acceptors (Lipinski definition) is 7. The van der Waals surface area contributed by atoms with E-state index in [0.717, 1.165) is 6.42 Å². The first-order chi connectivity index (χ1) is 14.0. The van der Waals surface area contributed by atoms with Gasteiger partial charge in [-0.3, -0.25) is 0 Å². The maximum absolute atomic E-state index is 14.2. The first-order valence-electron chi connectivity index (χ1n) is 9.27. The summed E-state index contributed by atoms with van der Waals surface area (Å²) in [5, 5.41) is 3.46. The molecule has 0 bridgehead atoms. The van der Waals surface area contributed by atoms with Crippen LogP contribution < -0.4 is 11.1 Å². The minimum atomic E-state index is -0.565. The molecule has 0 saturated heterocycles. The summed E-state index contributed by atoms with van der Waals surface area (Å²) in [7, 11) is 1.67. The lowest BCUT2D eigenvalue weighted by Gasteiger charge is -2.24. The highest BCUT2D eigenvalue weighted by Gasteiger charge is 2.35.